The van der Waals surface area contributed by atoms with Crippen molar-refractivity contribution >= 4 is 5.84 Å². The van der Waals surface area contributed by atoms with Gasteiger partial charge >= 0.3 is 6.18 Å². The number of pyridine rings is 1. The first-order chi connectivity index (χ1) is 8.91. The lowest BCUT2D eigenvalue weighted by molar-refractivity contribution is -0.141. The van der Waals surface area contributed by atoms with Gasteiger partial charge in [-0.1, -0.05) is 5.16 Å². The van der Waals surface area contributed by atoms with E-state index in [9.17, 15) is 13.2 Å². The first kappa shape index (κ1) is 12.9. The second-order valence-electron chi connectivity index (χ2n) is 3.53. The Bertz CT molecular complexity index is 602. The first-order valence-electron chi connectivity index (χ1n) is 4.99. The zero-order valence-corrected chi connectivity index (χ0v) is 9.33. The summed E-state index contributed by atoms with van der Waals surface area (Å²) < 4.78 is 38.2. The average molecular weight is 271 g/mol. The molecule has 0 aliphatic carbocycles. The molecule has 0 saturated carbocycles. The first-order valence-corrected chi connectivity index (χ1v) is 4.99. The maximum atomic E-state index is 12.4. The Morgan fingerprint density at radius 2 is 2.05 bits per heavy atom. The quantitative estimate of drug-likeness (QED) is 0.374. The summed E-state index contributed by atoms with van der Waals surface area (Å²) in [5.41, 5.74) is 4.85. The molecule has 100 valence electrons. The highest BCUT2D eigenvalue weighted by Gasteiger charge is 2.33. The van der Waals surface area contributed by atoms with Crippen LogP contribution in [0.25, 0.3) is 5.69 Å². The Hall–Kier alpha value is -2.58. The number of oxime groups is 1. The van der Waals surface area contributed by atoms with Crippen molar-refractivity contribution in [1.29, 1.82) is 0 Å². The van der Waals surface area contributed by atoms with E-state index in [4.69, 9.17) is 10.9 Å². The molecule has 0 radical (unpaired) electrons. The number of halogens is 3. The molecular formula is C10H8F3N5O. The topological polar surface area (TPSA) is 89.3 Å². The van der Waals surface area contributed by atoms with E-state index in [2.05, 4.69) is 15.2 Å². The number of aromatic nitrogens is 3. The fraction of sp³-hybridized carbons (Fsp3) is 0.100. The number of amidine groups is 1. The molecule has 0 spiro atoms. The number of nitrogens with two attached hydrogens (primary N) is 1. The average Bonchev–Trinajstić information content (AvgIpc) is 2.87. The minimum Gasteiger partial charge on any atom is -0.409 e. The van der Waals surface area contributed by atoms with Gasteiger partial charge in [0.15, 0.2) is 11.5 Å². The highest BCUT2D eigenvalue weighted by molar-refractivity contribution is 5.95. The number of nitrogens with zero attached hydrogens (tertiary/aromatic N) is 4. The van der Waals surface area contributed by atoms with Gasteiger partial charge in [-0.15, -0.1) is 0 Å². The zero-order valence-electron chi connectivity index (χ0n) is 9.33. The second kappa shape index (κ2) is 4.59. The van der Waals surface area contributed by atoms with Crippen molar-refractivity contribution in [3.05, 3.63) is 42.0 Å². The van der Waals surface area contributed by atoms with E-state index in [1.54, 1.807) is 0 Å². The summed E-state index contributed by atoms with van der Waals surface area (Å²) in [7, 11) is 0. The summed E-state index contributed by atoms with van der Waals surface area (Å²) in [6.07, 6.45) is -2.06. The minimum atomic E-state index is -4.49. The molecule has 0 saturated heterocycles. The molecule has 0 unspecified atom stereocenters. The molecule has 2 aromatic heterocycles. The third-order valence-corrected chi connectivity index (χ3v) is 2.26. The molecule has 0 atom stereocenters. The molecule has 3 N–H and O–H groups in total. The molecule has 0 amide bonds. The lowest BCUT2D eigenvalue weighted by Crippen LogP contribution is -2.15. The minimum absolute atomic E-state index is 0.192. The van der Waals surface area contributed by atoms with E-state index in [1.807, 2.05) is 0 Å². The largest absolute Gasteiger partial charge is 0.435 e. The molecule has 0 aliphatic heterocycles. The van der Waals surface area contributed by atoms with Crippen LogP contribution in [0.1, 0.15) is 11.4 Å². The zero-order chi connectivity index (χ0) is 14.0. The Morgan fingerprint density at radius 3 is 2.53 bits per heavy atom. The summed E-state index contributed by atoms with van der Waals surface area (Å²) in [5, 5.41) is 14.6. The molecule has 0 aliphatic rings. The van der Waals surface area contributed by atoms with Crippen molar-refractivity contribution in [3.8, 4) is 5.69 Å². The highest BCUT2D eigenvalue weighted by atomic mass is 19.4. The van der Waals surface area contributed by atoms with Crippen LogP contribution in [0, 0.1) is 0 Å². The van der Waals surface area contributed by atoms with Crippen molar-refractivity contribution < 1.29 is 18.4 Å². The predicted octanol–water partition coefficient (Wildman–Crippen LogP) is 1.38. The maximum absolute atomic E-state index is 12.4. The van der Waals surface area contributed by atoms with Crippen LogP contribution in [0.4, 0.5) is 13.2 Å². The molecule has 2 aromatic rings. The maximum Gasteiger partial charge on any atom is 0.435 e. The Kier molecular flexibility index (Phi) is 3.11. The number of alkyl halides is 3. The molecular weight excluding hydrogens is 263 g/mol. The van der Waals surface area contributed by atoms with Crippen molar-refractivity contribution in [2.24, 2.45) is 10.9 Å². The van der Waals surface area contributed by atoms with Crippen molar-refractivity contribution in [1.82, 2.24) is 14.8 Å². The van der Waals surface area contributed by atoms with Gasteiger partial charge in [-0.3, -0.25) is 4.98 Å². The van der Waals surface area contributed by atoms with Gasteiger partial charge in [0.2, 0.25) is 0 Å². The second-order valence-corrected chi connectivity index (χ2v) is 3.53. The molecule has 0 fully saturated rings. The normalized spacial score (nSPS) is 12.7. The van der Waals surface area contributed by atoms with E-state index in [-0.39, 0.29) is 11.5 Å². The lowest BCUT2D eigenvalue weighted by atomic mass is 10.3. The van der Waals surface area contributed by atoms with Crippen LogP contribution in [-0.2, 0) is 6.18 Å². The molecule has 19 heavy (non-hydrogen) atoms. The number of rotatable bonds is 2. The SMILES string of the molecule is N/C(=N/O)c1ccc(-n2ccc(C(F)(F)F)n2)cn1. The van der Waals surface area contributed by atoms with E-state index < -0.39 is 11.9 Å². The molecule has 2 rings (SSSR count). The van der Waals surface area contributed by atoms with Crippen molar-refractivity contribution in [3.63, 3.8) is 0 Å². The van der Waals surface area contributed by atoms with Gasteiger partial charge in [-0.25, -0.2) is 4.68 Å². The molecule has 9 heteroatoms. The van der Waals surface area contributed by atoms with Gasteiger partial charge in [-0.05, 0) is 18.2 Å². The van der Waals surface area contributed by atoms with Crippen LogP contribution in [0.3, 0.4) is 0 Å². The summed E-state index contributed by atoms with van der Waals surface area (Å²) >= 11 is 0. The van der Waals surface area contributed by atoms with E-state index >= 15 is 0 Å². The lowest BCUT2D eigenvalue weighted by Gasteiger charge is -2.03. The van der Waals surface area contributed by atoms with Crippen LogP contribution in [0.2, 0.25) is 0 Å². The molecule has 0 aromatic carbocycles. The van der Waals surface area contributed by atoms with Gasteiger partial charge in [0, 0.05) is 6.20 Å². The van der Waals surface area contributed by atoms with Crippen LogP contribution in [-0.4, -0.2) is 25.8 Å². The third-order valence-electron chi connectivity index (χ3n) is 2.26. The highest BCUT2D eigenvalue weighted by Crippen LogP contribution is 2.27. The van der Waals surface area contributed by atoms with Gasteiger partial charge in [0.05, 0.1) is 11.9 Å². The predicted molar refractivity (Wildman–Crippen MR) is 58.9 cm³/mol. The van der Waals surface area contributed by atoms with E-state index in [0.29, 0.717) is 5.69 Å². The summed E-state index contributed by atoms with van der Waals surface area (Å²) in [4.78, 5) is 3.84. The van der Waals surface area contributed by atoms with Gasteiger partial charge in [0.25, 0.3) is 0 Å². The summed E-state index contributed by atoms with van der Waals surface area (Å²) in [5.74, 6) is -0.192. The Labute approximate surface area is 105 Å². The number of hydrogen-bond acceptors (Lipinski definition) is 4. The van der Waals surface area contributed by atoms with E-state index in [0.717, 1.165) is 10.7 Å². The van der Waals surface area contributed by atoms with Gasteiger partial charge < -0.3 is 10.9 Å². The Morgan fingerprint density at radius 1 is 1.32 bits per heavy atom. The molecule has 2 heterocycles. The summed E-state index contributed by atoms with van der Waals surface area (Å²) in [6.45, 7) is 0. The third kappa shape index (κ3) is 2.64. The Balaban J connectivity index is 2.30. The molecule has 0 bridgehead atoms. The van der Waals surface area contributed by atoms with Crippen LogP contribution >= 0.6 is 0 Å². The molecule has 6 nitrogen and oxygen atoms in total. The standard InChI is InChI=1S/C10H8F3N5O/c11-10(12,13)8-3-4-18(16-8)6-1-2-7(15-5-6)9(14)17-19/h1-5,19H,(H2,14,17). The summed E-state index contributed by atoms with van der Waals surface area (Å²) in [6, 6.07) is 3.71. The van der Waals surface area contributed by atoms with Gasteiger partial charge in [-0.2, -0.15) is 18.3 Å². The van der Waals surface area contributed by atoms with Gasteiger partial charge in [0.1, 0.15) is 5.69 Å². The van der Waals surface area contributed by atoms with Crippen LogP contribution in [0.15, 0.2) is 35.7 Å². The number of hydrogen-bond donors (Lipinski definition) is 2. The van der Waals surface area contributed by atoms with Crippen molar-refractivity contribution in [2.75, 3.05) is 0 Å². The fourth-order valence-corrected chi connectivity index (χ4v) is 1.34. The fourth-order valence-electron chi connectivity index (χ4n) is 1.34. The van der Waals surface area contributed by atoms with E-state index in [1.165, 1.54) is 24.5 Å². The van der Waals surface area contributed by atoms with Crippen LogP contribution < -0.4 is 5.73 Å². The monoisotopic (exact) mass is 271 g/mol. The smallest absolute Gasteiger partial charge is 0.409 e. The van der Waals surface area contributed by atoms with Crippen molar-refractivity contribution in [2.45, 2.75) is 6.18 Å². The van der Waals surface area contributed by atoms with Crippen LogP contribution in [0.5, 0.6) is 0 Å².